The van der Waals surface area contributed by atoms with Gasteiger partial charge in [0.05, 0.1) is 16.9 Å². The molecule has 0 aliphatic heterocycles. The molecule has 2 aliphatic rings. The molecular formula is C18H32O5S2. The van der Waals surface area contributed by atoms with Crippen LogP contribution in [0.1, 0.15) is 53.9 Å². The van der Waals surface area contributed by atoms with Gasteiger partial charge < -0.3 is 0 Å². The van der Waals surface area contributed by atoms with E-state index in [1.54, 1.807) is 12.5 Å². The van der Waals surface area contributed by atoms with Crippen LogP contribution in [0.2, 0.25) is 0 Å². The Labute approximate surface area is 153 Å². The summed E-state index contributed by atoms with van der Waals surface area (Å²) in [5.41, 5.74) is -1.68. The van der Waals surface area contributed by atoms with E-state index in [2.05, 4.69) is 0 Å². The highest BCUT2D eigenvalue weighted by atomic mass is 32.3. The van der Waals surface area contributed by atoms with E-state index in [0.717, 1.165) is 6.42 Å². The van der Waals surface area contributed by atoms with Gasteiger partial charge >= 0.3 is 0 Å². The smallest absolute Gasteiger partial charge is 0.277 e. The number of ketones is 2. The van der Waals surface area contributed by atoms with E-state index >= 15 is 0 Å². The molecule has 0 spiro atoms. The summed E-state index contributed by atoms with van der Waals surface area (Å²) in [7, 11) is -5.99. The van der Waals surface area contributed by atoms with E-state index in [0.29, 0.717) is 12.8 Å². The first kappa shape index (κ1) is 20.9. The van der Waals surface area contributed by atoms with Crippen molar-refractivity contribution in [2.45, 2.75) is 53.9 Å². The number of fused-ring (bicyclic) bond motifs is 2. The summed E-state index contributed by atoms with van der Waals surface area (Å²) in [6, 6.07) is 0. The van der Waals surface area contributed by atoms with Crippen LogP contribution in [0.25, 0.3) is 0 Å². The average molecular weight is 393 g/mol. The summed E-state index contributed by atoms with van der Waals surface area (Å²) in [5, 5.41) is 0. The van der Waals surface area contributed by atoms with Crippen molar-refractivity contribution in [3.05, 3.63) is 0 Å². The minimum Gasteiger partial charge on any atom is -0.299 e. The molecule has 7 heteroatoms. The molecule has 5 nitrogen and oxygen atoms in total. The van der Waals surface area contributed by atoms with Crippen LogP contribution in [0.4, 0.5) is 0 Å². The first-order valence-electron chi connectivity index (χ1n) is 8.74. The normalized spacial score (nSPS) is 29.9. The predicted octanol–water partition coefficient (Wildman–Crippen LogP) is 3.32. The summed E-state index contributed by atoms with van der Waals surface area (Å²) in [6.07, 6.45) is 5.38. The first-order chi connectivity index (χ1) is 11.0. The Bertz CT molecular complexity index is 685. The van der Waals surface area contributed by atoms with Crippen LogP contribution in [0.3, 0.4) is 0 Å². The van der Waals surface area contributed by atoms with Crippen molar-refractivity contribution in [2.75, 3.05) is 24.0 Å². The molecule has 0 aromatic heterocycles. The number of hydrogen-bond donors (Lipinski definition) is 0. The minimum absolute atomic E-state index is 0.0148. The quantitative estimate of drug-likeness (QED) is 0.693. The average Bonchev–Trinajstić information content (AvgIpc) is 2.68. The van der Waals surface area contributed by atoms with Gasteiger partial charge in [0, 0.05) is 11.8 Å². The van der Waals surface area contributed by atoms with Crippen molar-refractivity contribution in [3.8, 4) is 0 Å². The Morgan fingerprint density at radius 1 is 1.24 bits per heavy atom. The van der Waals surface area contributed by atoms with Crippen LogP contribution in [0.5, 0.6) is 0 Å². The lowest BCUT2D eigenvalue weighted by molar-refractivity contribution is -0.128. The Hall–Kier alpha value is -0.400. The van der Waals surface area contributed by atoms with Gasteiger partial charge in [-0.1, -0.05) is 34.6 Å². The SMILES string of the molecule is CC(C)(C)C(=O)CS(C)(C)OS(=O)(=O)CC12CCC(CC1=O)C2(C)C. The molecule has 0 amide bonds. The maximum atomic E-state index is 12.8. The van der Waals surface area contributed by atoms with Crippen molar-refractivity contribution < 1.29 is 21.6 Å². The summed E-state index contributed by atoms with van der Waals surface area (Å²) < 4.78 is 31.1. The lowest BCUT2D eigenvalue weighted by Crippen LogP contribution is -2.42. The number of Topliss-reactive ketones (excluding diaryl/α,β-unsaturated/α-hetero) is 2. The standard InChI is InChI=1S/C18H32O5S2/c1-16(2,3)15(20)11-24(6,7)23-25(21,22)12-18-9-8-13(10-14(18)19)17(18,4)5/h13H,8-12H2,1-7H3. The van der Waals surface area contributed by atoms with Gasteiger partial charge in [0.15, 0.2) is 0 Å². The van der Waals surface area contributed by atoms with Crippen LogP contribution >= 0.6 is 10.3 Å². The summed E-state index contributed by atoms with van der Waals surface area (Å²) in [4.78, 5) is 24.8. The zero-order chi connectivity index (χ0) is 19.5. The maximum Gasteiger partial charge on any atom is 0.277 e. The second-order valence-corrected chi connectivity index (χ2v) is 14.8. The van der Waals surface area contributed by atoms with E-state index in [-0.39, 0.29) is 34.4 Å². The van der Waals surface area contributed by atoms with E-state index < -0.39 is 31.3 Å². The molecule has 2 bridgehead atoms. The molecule has 146 valence electrons. The van der Waals surface area contributed by atoms with Crippen LogP contribution in [-0.4, -0.2) is 44.0 Å². The number of carbonyl (C=O) groups excluding carboxylic acids is 2. The zero-order valence-electron chi connectivity index (χ0n) is 16.5. The Kier molecular flexibility index (Phi) is 5.07. The Balaban J connectivity index is 2.17. The second kappa shape index (κ2) is 6.06. The summed E-state index contributed by atoms with van der Waals surface area (Å²) in [5.74, 6) is 0.141. The molecule has 0 N–H and O–H groups in total. The van der Waals surface area contributed by atoms with Crippen molar-refractivity contribution in [1.29, 1.82) is 0 Å². The van der Waals surface area contributed by atoms with Crippen molar-refractivity contribution >= 4 is 32.0 Å². The second-order valence-electron chi connectivity index (χ2n) is 9.69. The predicted molar refractivity (Wildman–Crippen MR) is 102 cm³/mol. The van der Waals surface area contributed by atoms with Crippen LogP contribution in [0.15, 0.2) is 0 Å². The third kappa shape index (κ3) is 3.83. The lowest BCUT2D eigenvalue weighted by atomic mass is 9.70. The Morgan fingerprint density at radius 3 is 2.20 bits per heavy atom. The minimum atomic E-state index is -3.90. The fourth-order valence-electron chi connectivity index (χ4n) is 4.27. The third-order valence-electron chi connectivity index (χ3n) is 6.17. The Morgan fingerprint density at radius 2 is 1.80 bits per heavy atom. The highest BCUT2D eigenvalue weighted by molar-refractivity contribution is 8.32. The summed E-state index contributed by atoms with van der Waals surface area (Å²) in [6.45, 7) is 9.46. The highest BCUT2D eigenvalue weighted by Gasteiger charge is 2.65. The maximum absolute atomic E-state index is 12.8. The molecular weight excluding hydrogens is 360 g/mol. The molecule has 2 aliphatic carbocycles. The van der Waals surface area contributed by atoms with Crippen molar-refractivity contribution in [2.24, 2.45) is 22.2 Å². The van der Waals surface area contributed by atoms with Gasteiger partial charge in [0.1, 0.15) is 11.6 Å². The zero-order valence-corrected chi connectivity index (χ0v) is 18.1. The largest absolute Gasteiger partial charge is 0.299 e. The van der Waals surface area contributed by atoms with Crippen LogP contribution < -0.4 is 0 Å². The molecule has 25 heavy (non-hydrogen) atoms. The van der Waals surface area contributed by atoms with Crippen molar-refractivity contribution in [3.63, 3.8) is 0 Å². The molecule has 2 fully saturated rings. The van der Waals surface area contributed by atoms with Gasteiger partial charge in [-0.05, 0) is 36.7 Å². The lowest BCUT2D eigenvalue weighted by Gasteiger charge is -2.38. The molecule has 0 radical (unpaired) electrons. The molecule has 2 rings (SSSR count). The monoisotopic (exact) mass is 392 g/mol. The first-order valence-corrected chi connectivity index (χ1v) is 12.9. The highest BCUT2D eigenvalue weighted by Crippen LogP contribution is 2.64. The van der Waals surface area contributed by atoms with Crippen molar-refractivity contribution in [1.82, 2.24) is 0 Å². The van der Waals surface area contributed by atoms with Crippen LogP contribution in [0, 0.1) is 22.2 Å². The van der Waals surface area contributed by atoms with Crippen LogP contribution in [-0.2, 0) is 23.3 Å². The molecule has 0 aromatic carbocycles. The molecule has 0 saturated heterocycles. The van der Waals surface area contributed by atoms with E-state index in [1.807, 2.05) is 34.6 Å². The van der Waals surface area contributed by atoms with Gasteiger partial charge in [0.2, 0.25) is 0 Å². The fraction of sp³-hybridized carbons (Fsp3) is 0.889. The topological polar surface area (TPSA) is 77.5 Å². The summed E-state index contributed by atoms with van der Waals surface area (Å²) >= 11 is 0. The van der Waals surface area contributed by atoms with Gasteiger partial charge in [-0.15, -0.1) is 10.3 Å². The number of carbonyl (C=O) groups is 2. The van der Waals surface area contributed by atoms with E-state index in [9.17, 15) is 18.0 Å². The number of rotatable bonds is 6. The van der Waals surface area contributed by atoms with Gasteiger partial charge in [0.25, 0.3) is 10.1 Å². The molecule has 2 unspecified atom stereocenters. The van der Waals surface area contributed by atoms with E-state index in [1.165, 1.54) is 0 Å². The third-order valence-corrected chi connectivity index (χ3v) is 10.3. The fourth-order valence-corrected chi connectivity index (χ4v) is 9.25. The number of hydrogen-bond acceptors (Lipinski definition) is 5. The molecule has 0 heterocycles. The molecule has 2 saturated carbocycles. The van der Waals surface area contributed by atoms with E-state index in [4.69, 9.17) is 3.63 Å². The van der Waals surface area contributed by atoms with Gasteiger partial charge in [-0.2, -0.15) is 8.42 Å². The van der Waals surface area contributed by atoms with Gasteiger partial charge in [-0.25, -0.2) is 3.63 Å². The van der Waals surface area contributed by atoms with Gasteiger partial charge in [-0.3, -0.25) is 9.59 Å². The molecule has 0 aromatic rings. The molecule has 2 atom stereocenters.